The maximum atomic E-state index is 4.63. The second kappa shape index (κ2) is 6.89. The zero-order valence-electron chi connectivity index (χ0n) is 11.0. The highest BCUT2D eigenvalue weighted by atomic mass is 32.1. The van der Waals surface area contributed by atoms with Gasteiger partial charge in [-0.2, -0.15) is 0 Å². The van der Waals surface area contributed by atoms with Crippen LogP contribution in [0.4, 0.5) is 5.00 Å². The summed E-state index contributed by atoms with van der Waals surface area (Å²) in [6.07, 6.45) is 7.83. The minimum Gasteiger partial charge on any atom is -0.368 e. The van der Waals surface area contributed by atoms with E-state index < -0.39 is 0 Å². The molecule has 0 amide bonds. The van der Waals surface area contributed by atoms with Crippen LogP contribution in [0.15, 0.2) is 0 Å². The number of unbranched alkanes of at least 4 members (excludes halogenated alkanes) is 4. The van der Waals surface area contributed by atoms with Gasteiger partial charge in [-0.15, -0.1) is 11.3 Å². The van der Waals surface area contributed by atoms with Gasteiger partial charge in [0.05, 0.1) is 10.7 Å². The van der Waals surface area contributed by atoms with E-state index in [1.165, 1.54) is 47.8 Å². The van der Waals surface area contributed by atoms with E-state index in [0.29, 0.717) is 0 Å². The maximum absolute atomic E-state index is 4.63. The van der Waals surface area contributed by atoms with Crippen molar-refractivity contribution in [1.82, 2.24) is 4.98 Å². The van der Waals surface area contributed by atoms with Crippen LogP contribution >= 0.6 is 11.3 Å². The highest BCUT2D eigenvalue weighted by Crippen LogP contribution is 2.27. The largest absolute Gasteiger partial charge is 0.368 e. The lowest BCUT2D eigenvalue weighted by molar-refractivity contribution is 0.628. The van der Waals surface area contributed by atoms with Crippen molar-refractivity contribution in [3.8, 4) is 0 Å². The van der Waals surface area contributed by atoms with Crippen LogP contribution in [0.25, 0.3) is 0 Å². The van der Waals surface area contributed by atoms with E-state index in [1.807, 2.05) is 0 Å². The molecule has 0 spiro atoms. The molecule has 0 aromatic carbocycles. The first-order valence-corrected chi connectivity index (χ1v) is 7.10. The zero-order chi connectivity index (χ0) is 12.0. The van der Waals surface area contributed by atoms with Gasteiger partial charge >= 0.3 is 0 Å². The van der Waals surface area contributed by atoms with Crippen LogP contribution in [-0.4, -0.2) is 19.1 Å². The molecule has 0 aliphatic heterocycles. The van der Waals surface area contributed by atoms with Crippen molar-refractivity contribution in [2.75, 3.05) is 19.0 Å². The van der Waals surface area contributed by atoms with E-state index in [1.54, 1.807) is 11.3 Å². The van der Waals surface area contributed by atoms with Gasteiger partial charge in [0.1, 0.15) is 5.00 Å². The van der Waals surface area contributed by atoms with Gasteiger partial charge < -0.3 is 4.90 Å². The SMILES string of the molecule is CCCCCCCc1nc(C)sc1N(C)C. The van der Waals surface area contributed by atoms with Crippen LogP contribution in [0.5, 0.6) is 0 Å². The summed E-state index contributed by atoms with van der Waals surface area (Å²) < 4.78 is 0. The predicted octanol–water partition coefficient (Wildman–Crippen LogP) is 4.03. The van der Waals surface area contributed by atoms with Crippen molar-refractivity contribution in [2.24, 2.45) is 0 Å². The number of rotatable bonds is 7. The van der Waals surface area contributed by atoms with E-state index in [4.69, 9.17) is 0 Å². The number of thiazole rings is 1. The normalized spacial score (nSPS) is 10.8. The quantitative estimate of drug-likeness (QED) is 0.669. The molecule has 0 aliphatic carbocycles. The molecule has 92 valence electrons. The van der Waals surface area contributed by atoms with Crippen LogP contribution in [0, 0.1) is 6.92 Å². The Balaban J connectivity index is 2.40. The number of nitrogens with zero attached hydrogens (tertiary/aromatic N) is 2. The molecule has 0 unspecified atom stereocenters. The molecule has 0 saturated carbocycles. The van der Waals surface area contributed by atoms with Gasteiger partial charge in [-0.1, -0.05) is 32.6 Å². The van der Waals surface area contributed by atoms with E-state index in [9.17, 15) is 0 Å². The lowest BCUT2D eigenvalue weighted by Crippen LogP contribution is -2.09. The summed E-state index contributed by atoms with van der Waals surface area (Å²) in [7, 11) is 4.21. The van der Waals surface area contributed by atoms with Crippen molar-refractivity contribution in [2.45, 2.75) is 52.4 Å². The molecule has 0 saturated heterocycles. The predicted molar refractivity (Wildman–Crippen MR) is 73.6 cm³/mol. The van der Waals surface area contributed by atoms with Gasteiger partial charge in [0.2, 0.25) is 0 Å². The Labute approximate surface area is 104 Å². The molecule has 0 N–H and O–H groups in total. The molecular weight excluding hydrogens is 216 g/mol. The van der Waals surface area contributed by atoms with Crippen LogP contribution in [0.2, 0.25) is 0 Å². The van der Waals surface area contributed by atoms with E-state index in [2.05, 4.69) is 37.8 Å². The molecule has 1 aromatic heterocycles. The topological polar surface area (TPSA) is 16.1 Å². The number of hydrogen-bond acceptors (Lipinski definition) is 3. The van der Waals surface area contributed by atoms with Crippen molar-refractivity contribution < 1.29 is 0 Å². The highest BCUT2D eigenvalue weighted by molar-refractivity contribution is 7.15. The minimum atomic E-state index is 1.14. The van der Waals surface area contributed by atoms with Crippen molar-refractivity contribution in [3.05, 3.63) is 10.7 Å². The minimum absolute atomic E-state index is 1.14. The fraction of sp³-hybridized carbons (Fsp3) is 0.769. The Hall–Kier alpha value is -0.570. The standard InChI is InChI=1S/C13H24N2S/c1-5-6-7-8-9-10-12-13(15(3)4)16-11(2)14-12/h5-10H2,1-4H3. The zero-order valence-corrected chi connectivity index (χ0v) is 11.9. The Morgan fingerprint density at radius 1 is 1.12 bits per heavy atom. The second-order valence-corrected chi connectivity index (χ2v) is 5.73. The van der Waals surface area contributed by atoms with Gasteiger partial charge in [-0.3, -0.25) is 0 Å². The van der Waals surface area contributed by atoms with Crippen LogP contribution < -0.4 is 4.90 Å². The second-order valence-electron chi connectivity index (χ2n) is 4.54. The molecule has 1 aromatic rings. The van der Waals surface area contributed by atoms with E-state index in [-0.39, 0.29) is 0 Å². The summed E-state index contributed by atoms with van der Waals surface area (Å²) in [5.41, 5.74) is 1.30. The van der Waals surface area contributed by atoms with Gasteiger partial charge in [0.25, 0.3) is 0 Å². The highest BCUT2D eigenvalue weighted by Gasteiger charge is 2.09. The maximum Gasteiger partial charge on any atom is 0.114 e. The first-order chi connectivity index (χ1) is 7.65. The first-order valence-electron chi connectivity index (χ1n) is 6.28. The Bertz CT molecular complexity index is 305. The molecule has 0 aliphatic rings. The summed E-state index contributed by atoms with van der Waals surface area (Å²) >= 11 is 1.81. The number of hydrogen-bond donors (Lipinski definition) is 0. The molecule has 0 radical (unpaired) electrons. The van der Waals surface area contributed by atoms with E-state index >= 15 is 0 Å². The third kappa shape index (κ3) is 4.12. The molecule has 1 heterocycles. The van der Waals surface area contributed by atoms with Crippen LogP contribution in [-0.2, 0) is 6.42 Å². The molecule has 3 heteroatoms. The third-order valence-electron chi connectivity index (χ3n) is 2.71. The van der Waals surface area contributed by atoms with Gasteiger partial charge in [0.15, 0.2) is 0 Å². The van der Waals surface area contributed by atoms with E-state index in [0.717, 1.165) is 6.42 Å². The summed E-state index contributed by atoms with van der Waals surface area (Å²) in [5, 5.41) is 2.53. The molecule has 2 nitrogen and oxygen atoms in total. The fourth-order valence-corrected chi connectivity index (χ4v) is 2.75. The number of aryl methyl sites for hydroxylation is 2. The monoisotopic (exact) mass is 240 g/mol. The van der Waals surface area contributed by atoms with Crippen LogP contribution in [0.1, 0.15) is 49.7 Å². The third-order valence-corrected chi connectivity index (χ3v) is 3.89. The molecule has 0 atom stereocenters. The summed E-state index contributed by atoms with van der Waals surface area (Å²) in [6.45, 7) is 4.35. The smallest absolute Gasteiger partial charge is 0.114 e. The Kier molecular flexibility index (Phi) is 5.81. The summed E-state index contributed by atoms with van der Waals surface area (Å²) in [4.78, 5) is 6.81. The summed E-state index contributed by atoms with van der Waals surface area (Å²) in [6, 6.07) is 0. The molecular formula is C13H24N2S. The fourth-order valence-electron chi connectivity index (χ4n) is 1.87. The number of anilines is 1. The van der Waals surface area contributed by atoms with Gasteiger partial charge in [-0.05, 0) is 19.8 Å². The van der Waals surface area contributed by atoms with Crippen molar-refractivity contribution in [3.63, 3.8) is 0 Å². The average Bonchev–Trinajstić information content (AvgIpc) is 2.59. The van der Waals surface area contributed by atoms with Gasteiger partial charge in [-0.25, -0.2) is 4.98 Å². The summed E-state index contributed by atoms with van der Waals surface area (Å²) in [5.74, 6) is 0. The molecule has 0 fully saturated rings. The molecule has 1 rings (SSSR count). The first kappa shape index (κ1) is 13.5. The lowest BCUT2D eigenvalue weighted by atomic mass is 10.1. The number of aromatic nitrogens is 1. The van der Waals surface area contributed by atoms with Crippen molar-refractivity contribution in [1.29, 1.82) is 0 Å². The average molecular weight is 240 g/mol. The Morgan fingerprint density at radius 3 is 2.44 bits per heavy atom. The molecule has 16 heavy (non-hydrogen) atoms. The lowest BCUT2D eigenvalue weighted by Gasteiger charge is -2.11. The van der Waals surface area contributed by atoms with Crippen LogP contribution in [0.3, 0.4) is 0 Å². The van der Waals surface area contributed by atoms with Crippen molar-refractivity contribution >= 4 is 16.3 Å². The Morgan fingerprint density at radius 2 is 1.81 bits per heavy atom. The molecule has 0 bridgehead atoms. The van der Waals surface area contributed by atoms with Gasteiger partial charge in [0, 0.05) is 14.1 Å².